The predicted octanol–water partition coefficient (Wildman–Crippen LogP) is 2.12. The fraction of sp³-hybridized carbons (Fsp3) is 0.480. The lowest BCUT2D eigenvalue weighted by molar-refractivity contribution is -0.145. The molecule has 0 unspecified atom stereocenters. The number of benzene rings is 1. The SMILES string of the molecule is CC(=O)N[C@@H](Cc1c[nH]c2cc(Cl)ccc12)C(=O)NC1(C(=O)N[C@@H](CCC(=O)O)C(=O)O)CCCCC1. The van der Waals surface area contributed by atoms with Gasteiger partial charge in [-0.3, -0.25) is 19.2 Å². The standard InChI is InChI=1S/C25H31ClN4O7/c1-14(31)28-20(11-15-13-27-19-12-16(26)5-6-17(15)19)22(34)30-25(9-3-2-4-10-25)24(37)29-18(23(35)36)7-8-21(32)33/h5-6,12-13,18,20,27H,2-4,7-11H2,1H3,(H,28,31)(H,29,37)(H,30,34)(H,32,33)(H,35,36)/t18-,20-/m0/s1. The van der Waals surface area contributed by atoms with Gasteiger partial charge in [0.1, 0.15) is 17.6 Å². The van der Waals surface area contributed by atoms with Gasteiger partial charge in [0.15, 0.2) is 0 Å². The summed E-state index contributed by atoms with van der Waals surface area (Å²) in [7, 11) is 0. The van der Waals surface area contributed by atoms with E-state index < -0.39 is 53.7 Å². The van der Waals surface area contributed by atoms with Crippen molar-refractivity contribution in [3.05, 3.63) is 35.0 Å². The van der Waals surface area contributed by atoms with Crippen molar-refractivity contribution in [1.82, 2.24) is 20.9 Å². The molecule has 1 fully saturated rings. The molecule has 1 aromatic carbocycles. The molecule has 0 aliphatic heterocycles. The molecule has 0 bridgehead atoms. The van der Waals surface area contributed by atoms with E-state index in [1.165, 1.54) is 6.92 Å². The maximum Gasteiger partial charge on any atom is 0.326 e. The van der Waals surface area contributed by atoms with Gasteiger partial charge in [0.2, 0.25) is 17.7 Å². The first-order valence-electron chi connectivity index (χ1n) is 12.1. The molecule has 1 aliphatic carbocycles. The van der Waals surface area contributed by atoms with Crippen molar-refractivity contribution in [3.63, 3.8) is 0 Å². The van der Waals surface area contributed by atoms with E-state index in [9.17, 15) is 29.1 Å². The minimum Gasteiger partial charge on any atom is -0.481 e. The molecule has 1 heterocycles. The van der Waals surface area contributed by atoms with Gasteiger partial charge in [0.05, 0.1) is 0 Å². The van der Waals surface area contributed by atoms with Crippen molar-refractivity contribution in [3.8, 4) is 0 Å². The largest absolute Gasteiger partial charge is 0.481 e. The fourth-order valence-corrected chi connectivity index (χ4v) is 4.88. The number of H-pyrrole nitrogens is 1. The van der Waals surface area contributed by atoms with Crippen molar-refractivity contribution < 1.29 is 34.2 Å². The van der Waals surface area contributed by atoms with Gasteiger partial charge in [-0.1, -0.05) is 36.9 Å². The van der Waals surface area contributed by atoms with Crippen LogP contribution in [0.3, 0.4) is 0 Å². The van der Waals surface area contributed by atoms with E-state index in [4.69, 9.17) is 16.7 Å². The van der Waals surface area contributed by atoms with Gasteiger partial charge >= 0.3 is 11.9 Å². The van der Waals surface area contributed by atoms with Crippen LogP contribution in [-0.2, 0) is 30.4 Å². The summed E-state index contributed by atoms with van der Waals surface area (Å²) < 4.78 is 0. The highest BCUT2D eigenvalue weighted by molar-refractivity contribution is 6.31. The van der Waals surface area contributed by atoms with Crippen molar-refractivity contribution in [2.75, 3.05) is 0 Å². The van der Waals surface area contributed by atoms with E-state index in [0.29, 0.717) is 17.9 Å². The summed E-state index contributed by atoms with van der Waals surface area (Å²) in [6.07, 6.45) is 3.83. The summed E-state index contributed by atoms with van der Waals surface area (Å²) in [6, 6.07) is 2.87. The molecule has 6 N–H and O–H groups in total. The minimum atomic E-state index is -1.41. The highest BCUT2D eigenvalue weighted by Gasteiger charge is 2.43. The first-order valence-corrected chi connectivity index (χ1v) is 12.5. The number of nitrogens with one attached hydrogen (secondary N) is 4. The van der Waals surface area contributed by atoms with Gasteiger partial charge in [0.25, 0.3) is 0 Å². The topological polar surface area (TPSA) is 178 Å². The Hall–Kier alpha value is -3.60. The number of hydrogen-bond acceptors (Lipinski definition) is 5. The Labute approximate surface area is 218 Å². The Bertz CT molecular complexity index is 1190. The first kappa shape index (κ1) is 28.0. The number of amides is 3. The Morgan fingerprint density at radius 3 is 2.38 bits per heavy atom. The number of carbonyl (C=O) groups is 5. The predicted molar refractivity (Wildman–Crippen MR) is 135 cm³/mol. The van der Waals surface area contributed by atoms with Crippen LogP contribution >= 0.6 is 11.6 Å². The summed E-state index contributed by atoms with van der Waals surface area (Å²) in [6.45, 7) is 1.29. The van der Waals surface area contributed by atoms with Gasteiger partial charge in [-0.05, 0) is 37.0 Å². The van der Waals surface area contributed by atoms with Crippen LogP contribution in [0, 0.1) is 0 Å². The molecule has 3 amide bonds. The Morgan fingerprint density at radius 2 is 1.76 bits per heavy atom. The van der Waals surface area contributed by atoms with Crippen LogP contribution in [0.15, 0.2) is 24.4 Å². The molecule has 200 valence electrons. The third kappa shape index (κ3) is 7.22. The summed E-state index contributed by atoms with van der Waals surface area (Å²) >= 11 is 6.05. The second kappa shape index (κ2) is 12.1. The summed E-state index contributed by atoms with van der Waals surface area (Å²) in [4.78, 5) is 64.4. The number of hydrogen-bond donors (Lipinski definition) is 6. The molecule has 12 heteroatoms. The number of aliphatic carboxylic acids is 2. The lowest BCUT2D eigenvalue weighted by Gasteiger charge is -2.38. The van der Waals surface area contributed by atoms with Gasteiger partial charge < -0.3 is 31.1 Å². The zero-order valence-corrected chi connectivity index (χ0v) is 21.2. The molecule has 37 heavy (non-hydrogen) atoms. The van der Waals surface area contributed by atoms with Gasteiger partial charge in [0, 0.05) is 41.9 Å². The van der Waals surface area contributed by atoms with Crippen LogP contribution in [0.4, 0.5) is 0 Å². The maximum absolute atomic E-state index is 13.5. The second-order valence-corrected chi connectivity index (χ2v) is 9.83. The molecular weight excluding hydrogens is 504 g/mol. The third-order valence-corrected chi connectivity index (χ3v) is 6.84. The average Bonchev–Trinajstić information content (AvgIpc) is 3.22. The van der Waals surface area contributed by atoms with Crippen LogP contribution in [-0.4, -0.2) is 62.5 Å². The molecule has 11 nitrogen and oxygen atoms in total. The lowest BCUT2D eigenvalue weighted by atomic mass is 9.80. The zero-order valence-electron chi connectivity index (χ0n) is 20.4. The highest BCUT2D eigenvalue weighted by Crippen LogP contribution is 2.29. The summed E-state index contributed by atoms with van der Waals surface area (Å²) in [5, 5.41) is 27.7. The molecule has 2 atom stereocenters. The fourth-order valence-electron chi connectivity index (χ4n) is 4.71. The van der Waals surface area contributed by atoms with E-state index >= 15 is 0 Å². The smallest absolute Gasteiger partial charge is 0.326 e. The molecule has 0 spiro atoms. The molecule has 0 saturated heterocycles. The molecule has 1 aliphatic rings. The maximum atomic E-state index is 13.5. The second-order valence-electron chi connectivity index (χ2n) is 9.39. The van der Waals surface area contributed by atoms with Crippen molar-refractivity contribution in [1.29, 1.82) is 0 Å². The van der Waals surface area contributed by atoms with E-state index in [-0.39, 0.29) is 25.7 Å². The monoisotopic (exact) mass is 534 g/mol. The Morgan fingerprint density at radius 1 is 1.05 bits per heavy atom. The minimum absolute atomic E-state index is 0.140. The van der Waals surface area contributed by atoms with Crippen molar-refractivity contribution in [2.24, 2.45) is 0 Å². The zero-order chi connectivity index (χ0) is 27.2. The highest BCUT2D eigenvalue weighted by atomic mass is 35.5. The summed E-state index contributed by atoms with van der Waals surface area (Å²) in [5.41, 5.74) is 0.160. The van der Waals surface area contributed by atoms with E-state index in [0.717, 1.165) is 22.9 Å². The number of carbonyl (C=O) groups excluding carboxylic acids is 3. The normalized spacial score (nSPS) is 16.4. The molecule has 1 aromatic heterocycles. The summed E-state index contributed by atoms with van der Waals surface area (Å²) in [5.74, 6) is -4.22. The molecule has 0 radical (unpaired) electrons. The van der Waals surface area contributed by atoms with Crippen LogP contribution in [0.2, 0.25) is 5.02 Å². The number of rotatable bonds is 11. The van der Waals surface area contributed by atoms with E-state index in [1.807, 2.05) is 6.07 Å². The van der Waals surface area contributed by atoms with Crippen molar-refractivity contribution >= 4 is 52.2 Å². The molecular formula is C25H31ClN4O7. The quantitative estimate of drug-likeness (QED) is 0.255. The number of halogens is 1. The van der Waals surface area contributed by atoms with Gasteiger partial charge in [-0.15, -0.1) is 0 Å². The van der Waals surface area contributed by atoms with Crippen LogP contribution in [0.1, 0.15) is 57.4 Å². The van der Waals surface area contributed by atoms with Crippen LogP contribution in [0.25, 0.3) is 10.9 Å². The van der Waals surface area contributed by atoms with Crippen LogP contribution < -0.4 is 16.0 Å². The first-order chi connectivity index (χ1) is 17.5. The number of carboxylic acids is 2. The lowest BCUT2D eigenvalue weighted by Crippen LogP contribution is -2.64. The number of carboxylic acid groups (broad SMARTS) is 2. The van der Waals surface area contributed by atoms with E-state index in [1.54, 1.807) is 18.3 Å². The average molecular weight is 535 g/mol. The molecule has 3 rings (SSSR count). The van der Waals surface area contributed by atoms with Gasteiger partial charge in [-0.25, -0.2) is 4.79 Å². The Kier molecular flexibility index (Phi) is 9.14. The number of aromatic amines is 1. The number of aromatic nitrogens is 1. The van der Waals surface area contributed by atoms with Crippen molar-refractivity contribution in [2.45, 2.75) is 75.9 Å². The van der Waals surface area contributed by atoms with E-state index in [2.05, 4.69) is 20.9 Å². The Balaban J connectivity index is 1.82. The third-order valence-electron chi connectivity index (χ3n) is 6.60. The number of fused-ring (bicyclic) bond motifs is 1. The van der Waals surface area contributed by atoms with Gasteiger partial charge in [-0.2, -0.15) is 0 Å². The molecule has 1 saturated carbocycles. The van der Waals surface area contributed by atoms with Crippen LogP contribution in [0.5, 0.6) is 0 Å². The molecule has 2 aromatic rings.